The average Bonchev–Trinajstić information content (AvgIpc) is 2.99. The van der Waals surface area contributed by atoms with Gasteiger partial charge in [-0.05, 0) is 38.6 Å². The highest BCUT2D eigenvalue weighted by Crippen LogP contribution is 2.31. The fourth-order valence-corrected chi connectivity index (χ4v) is 3.48. The van der Waals surface area contributed by atoms with E-state index in [9.17, 15) is 0 Å². The third-order valence-electron chi connectivity index (χ3n) is 3.08. The van der Waals surface area contributed by atoms with Crippen LogP contribution < -0.4 is 10.1 Å². The van der Waals surface area contributed by atoms with Crippen molar-refractivity contribution >= 4 is 23.1 Å². The van der Waals surface area contributed by atoms with Crippen molar-refractivity contribution in [3.05, 3.63) is 40.9 Å². The Balaban J connectivity index is 2.17. The van der Waals surface area contributed by atoms with Crippen LogP contribution in [-0.2, 0) is 5.75 Å². The predicted molar refractivity (Wildman–Crippen MR) is 86.8 cm³/mol. The van der Waals surface area contributed by atoms with Gasteiger partial charge in [-0.2, -0.15) is 0 Å². The SMILES string of the molecule is CCOc1ccc(C(C)NC)cc1CSc1nccs1. The van der Waals surface area contributed by atoms with Crippen molar-refractivity contribution in [2.45, 2.75) is 30.0 Å². The van der Waals surface area contributed by atoms with E-state index < -0.39 is 0 Å². The molecule has 0 amide bonds. The highest BCUT2D eigenvalue weighted by Gasteiger charge is 2.10. The van der Waals surface area contributed by atoms with E-state index in [1.807, 2.05) is 25.5 Å². The summed E-state index contributed by atoms with van der Waals surface area (Å²) < 4.78 is 6.82. The van der Waals surface area contributed by atoms with E-state index in [2.05, 4.69) is 35.4 Å². The second-order valence-electron chi connectivity index (χ2n) is 4.40. The minimum Gasteiger partial charge on any atom is -0.494 e. The van der Waals surface area contributed by atoms with Crippen molar-refractivity contribution in [3.8, 4) is 5.75 Å². The number of aromatic nitrogens is 1. The number of ether oxygens (including phenoxy) is 1. The maximum Gasteiger partial charge on any atom is 0.150 e. The summed E-state index contributed by atoms with van der Waals surface area (Å²) in [7, 11) is 1.98. The summed E-state index contributed by atoms with van der Waals surface area (Å²) in [5.41, 5.74) is 2.51. The van der Waals surface area contributed by atoms with Gasteiger partial charge in [0.1, 0.15) is 10.1 Å². The van der Waals surface area contributed by atoms with Gasteiger partial charge in [-0.1, -0.05) is 17.8 Å². The van der Waals surface area contributed by atoms with E-state index in [0.29, 0.717) is 12.6 Å². The summed E-state index contributed by atoms with van der Waals surface area (Å²) >= 11 is 3.43. The average molecular weight is 308 g/mol. The summed E-state index contributed by atoms with van der Waals surface area (Å²) in [5, 5.41) is 5.28. The highest BCUT2D eigenvalue weighted by atomic mass is 32.2. The van der Waals surface area contributed by atoms with Gasteiger partial charge in [-0.15, -0.1) is 11.3 Å². The Morgan fingerprint density at radius 1 is 1.45 bits per heavy atom. The Morgan fingerprint density at radius 2 is 2.30 bits per heavy atom. The molecule has 0 fully saturated rings. The van der Waals surface area contributed by atoms with Crippen molar-refractivity contribution in [2.24, 2.45) is 0 Å². The lowest BCUT2D eigenvalue weighted by Crippen LogP contribution is -2.12. The Kier molecular flexibility index (Phi) is 5.88. The molecule has 0 aliphatic carbocycles. The largest absolute Gasteiger partial charge is 0.494 e. The molecule has 1 unspecified atom stereocenters. The topological polar surface area (TPSA) is 34.1 Å². The lowest BCUT2D eigenvalue weighted by molar-refractivity contribution is 0.337. The molecule has 1 N–H and O–H groups in total. The van der Waals surface area contributed by atoms with E-state index in [1.165, 1.54) is 11.1 Å². The van der Waals surface area contributed by atoms with E-state index in [4.69, 9.17) is 4.74 Å². The van der Waals surface area contributed by atoms with Crippen LogP contribution >= 0.6 is 23.1 Å². The lowest BCUT2D eigenvalue weighted by Gasteiger charge is -2.15. The number of hydrogen-bond acceptors (Lipinski definition) is 5. The summed E-state index contributed by atoms with van der Waals surface area (Å²) in [6.45, 7) is 4.87. The van der Waals surface area contributed by atoms with Crippen LogP contribution in [-0.4, -0.2) is 18.6 Å². The van der Waals surface area contributed by atoms with Crippen LogP contribution in [0.2, 0.25) is 0 Å². The number of thiazole rings is 1. The molecule has 1 aromatic heterocycles. The molecular weight excluding hydrogens is 288 g/mol. The molecular formula is C15H20N2OS2. The zero-order valence-corrected chi connectivity index (χ0v) is 13.7. The third kappa shape index (κ3) is 3.98. The van der Waals surface area contributed by atoms with Gasteiger partial charge in [0, 0.05) is 28.9 Å². The second-order valence-corrected chi connectivity index (χ2v) is 6.51. The maximum atomic E-state index is 5.72. The van der Waals surface area contributed by atoms with Gasteiger partial charge in [-0.25, -0.2) is 4.98 Å². The Bertz CT molecular complexity index is 529. The Labute approximate surface area is 128 Å². The number of thioether (sulfide) groups is 1. The number of hydrogen-bond donors (Lipinski definition) is 1. The smallest absolute Gasteiger partial charge is 0.150 e. The molecule has 0 bridgehead atoms. The molecule has 0 radical (unpaired) electrons. The van der Waals surface area contributed by atoms with Crippen molar-refractivity contribution in [3.63, 3.8) is 0 Å². The first-order chi connectivity index (χ1) is 9.74. The van der Waals surface area contributed by atoms with Gasteiger partial charge < -0.3 is 10.1 Å². The van der Waals surface area contributed by atoms with Gasteiger partial charge in [0.25, 0.3) is 0 Å². The molecule has 0 saturated heterocycles. The molecule has 108 valence electrons. The molecule has 1 atom stereocenters. The molecule has 20 heavy (non-hydrogen) atoms. The highest BCUT2D eigenvalue weighted by molar-refractivity contribution is 8.00. The van der Waals surface area contributed by atoms with Crippen LogP contribution in [0.25, 0.3) is 0 Å². The van der Waals surface area contributed by atoms with Crippen LogP contribution in [0.15, 0.2) is 34.1 Å². The minimum absolute atomic E-state index is 0.342. The molecule has 1 aromatic carbocycles. The molecule has 2 rings (SSSR count). The summed E-state index contributed by atoms with van der Waals surface area (Å²) in [5.74, 6) is 1.86. The van der Waals surface area contributed by atoms with Crippen LogP contribution in [0.1, 0.15) is 31.0 Å². The van der Waals surface area contributed by atoms with Crippen molar-refractivity contribution in [1.29, 1.82) is 0 Å². The fraction of sp³-hybridized carbons (Fsp3) is 0.400. The van der Waals surface area contributed by atoms with Crippen LogP contribution in [0.3, 0.4) is 0 Å². The van der Waals surface area contributed by atoms with Gasteiger partial charge in [-0.3, -0.25) is 0 Å². The van der Waals surface area contributed by atoms with Crippen molar-refractivity contribution in [2.75, 3.05) is 13.7 Å². The standard InChI is InChI=1S/C15H20N2OS2/c1-4-18-14-6-5-12(11(2)16-3)9-13(14)10-20-15-17-7-8-19-15/h5-9,11,16H,4,10H2,1-3H3. The van der Waals surface area contributed by atoms with Crippen LogP contribution in [0.4, 0.5) is 0 Å². The molecule has 0 aliphatic heterocycles. The number of nitrogens with one attached hydrogen (secondary N) is 1. The first kappa shape index (κ1) is 15.4. The number of nitrogens with zero attached hydrogens (tertiary/aromatic N) is 1. The van der Waals surface area contributed by atoms with Gasteiger partial charge in [0.15, 0.2) is 0 Å². The van der Waals surface area contributed by atoms with E-state index in [0.717, 1.165) is 15.8 Å². The van der Waals surface area contributed by atoms with Crippen molar-refractivity contribution in [1.82, 2.24) is 10.3 Å². The first-order valence-corrected chi connectivity index (χ1v) is 8.56. The quantitative estimate of drug-likeness (QED) is 0.780. The number of rotatable bonds is 7. The van der Waals surface area contributed by atoms with Gasteiger partial charge in [0.05, 0.1) is 6.61 Å². The van der Waals surface area contributed by atoms with E-state index >= 15 is 0 Å². The van der Waals surface area contributed by atoms with Crippen LogP contribution in [0, 0.1) is 0 Å². The minimum atomic E-state index is 0.342. The zero-order valence-electron chi connectivity index (χ0n) is 12.1. The van der Waals surface area contributed by atoms with Gasteiger partial charge >= 0.3 is 0 Å². The van der Waals surface area contributed by atoms with E-state index in [1.54, 1.807) is 23.1 Å². The van der Waals surface area contributed by atoms with Gasteiger partial charge in [0.2, 0.25) is 0 Å². The maximum absolute atomic E-state index is 5.72. The molecule has 5 heteroatoms. The second kappa shape index (κ2) is 7.67. The Morgan fingerprint density at radius 3 is 2.95 bits per heavy atom. The molecule has 0 aliphatic rings. The predicted octanol–water partition coefficient (Wildman–Crippen LogP) is 4.11. The molecule has 0 saturated carbocycles. The molecule has 1 heterocycles. The molecule has 2 aromatic rings. The van der Waals surface area contributed by atoms with Crippen molar-refractivity contribution < 1.29 is 4.74 Å². The summed E-state index contributed by atoms with van der Waals surface area (Å²) in [6.07, 6.45) is 1.84. The summed E-state index contributed by atoms with van der Waals surface area (Å²) in [6, 6.07) is 6.77. The summed E-state index contributed by atoms with van der Waals surface area (Å²) in [4.78, 5) is 4.31. The Hall–Kier alpha value is -1.04. The monoisotopic (exact) mass is 308 g/mol. The number of benzene rings is 1. The zero-order chi connectivity index (χ0) is 14.4. The van der Waals surface area contributed by atoms with Crippen LogP contribution in [0.5, 0.6) is 5.75 Å². The molecule has 3 nitrogen and oxygen atoms in total. The first-order valence-electron chi connectivity index (χ1n) is 6.69. The normalized spacial score (nSPS) is 12.3. The molecule has 0 spiro atoms. The van der Waals surface area contributed by atoms with E-state index in [-0.39, 0.29) is 0 Å². The lowest BCUT2D eigenvalue weighted by atomic mass is 10.1. The fourth-order valence-electron chi connectivity index (χ4n) is 1.87. The third-order valence-corrected chi connectivity index (χ3v) is 5.09.